The Hall–Kier alpha value is -0.860. The first-order valence-electron chi connectivity index (χ1n) is 7.53. The molecule has 1 amide bonds. The second-order valence-electron chi connectivity index (χ2n) is 5.84. The average molecular weight is 325 g/mol. The van der Waals surface area contributed by atoms with Crippen LogP contribution in [0.4, 0.5) is 13.2 Å². The van der Waals surface area contributed by atoms with Crippen molar-refractivity contribution in [2.24, 2.45) is 0 Å². The van der Waals surface area contributed by atoms with Gasteiger partial charge in [0, 0.05) is 45.9 Å². The predicted molar refractivity (Wildman–Crippen MR) is 77.7 cm³/mol. The van der Waals surface area contributed by atoms with E-state index in [1.54, 1.807) is 21.0 Å². The Labute approximate surface area is 130 Å². The molecule has 0 atom stereocenters. The van der Waals surface area contributed by atoms with Gasteiger partial charge in [0.1, 0.15) is 6.54 Å². The van der Waals surface area contributed by atoms with Crippen molar-refractivity contribution in [1.82, 2.24) is 14.7 Å². The summed E-state index contributed by atoms with van der Waals surface area (Å²) >= 11 is 0. The first kappa shape index (κ1) is 19.2. The Bertz CT molecular complexity index is 343. The molecule has 0 N–H and O–H groups in total. The lowest BCUT2D eigenvalue weighted by molar-refractivity contribution is -0.165. The number of hydrogen-bond acceptors (Lipinski definition) is 4. The Morgan fingerprint density at radius 1 is 1.18 bits per heavy atom. The highest BCUT2D eigenvalue weighted by Gasteiger charge is 2.34. The van der Waals surface area contributed by atoms with Gasteiger partial charge in [-0.15, -0.1) is 0 Å². The molecule has 0 aliphatic carbocycles. The van der Waals surface area contributed by atoms with Crippen molar-refractivity contribution < 1.29 is 22.7 Å². The molecule has 0 aromatic heterocycles. The Balaban J connectivity index is 2.43. The molecule has 0 aromatic rings. The quantitative estimate of drug-likeness (QED) is 0.701. The number of rotatable bonds is 7. The highest BCUT2D eigenvalue weighted by Crippen LogP contribution is 2.18. The van der Waals surface area contributed by atoms with Gasteiger partial charge in [0.15, 0.2) is 0 Å². The molecule has 0 unspecified atom stereocenters. The van der Waals surface area contributed by atoms with Gasteiger partial charge in [0.05, 0.1) is 13.2 Å². The van der Waals surface area contributed by atoms with Crippen LogP contribution >= 0.6 is 0 Å². The normalized spacial score (nSPS) is 18.0. The third-order valence-electron chi connectivity index (χ3n) is 3.73. The number of methoxy groups -OCH3 is 1. The van der Waals surface area contributed by atoms with Crippen LogP contribution in [0.25, 0.3) is 0 Å². The van der Waals surface area contributed by atoms with E-state index in [9.17, 15) is 18.0 Å². The van der Waals surface area contributed by atoms with Gasteiger partial charge in [-0.05, 0) is 13.8 Å². The van der Waals surface area contributed by atoms with Crippen LogP contribution in [-0.2, 0) is 9.53 Å². The number of hydrogen-bond donors (Lipinski definition) is 0. The molecule has 1 saturated heterocycles. The van der Waals surface area contributed by atoms with E-state index >= 15 is 0 Å². The van der Waals surface area contributed by atoms with E-state index in [-0.39, 0.29) is 6.54 Å². The lowest BCUT2D eigenvalue weighted by Gasteiger charge is -2.36. The van der Waals surface area contributed by atoms with Crippen LogP contribution in [0.3, 0.4) is 0 Å². The van der Waals surface area contributed by atoms with Crippen molar-refractivity contribution in [1.29, 1.82) is 0 Å². The molecule has 0 radical (unpaired) electrons. The van der Waals surface area contributed by atoms with Crippen LogP contribution in [0.2, 0.25) is 0 Å². The number of alkyl halides is 3. The van der Waals surface area contributed by atoms with E-state index in [1.165, 1.54) is 0 Å². The molecule has 0 spiro atoms. The van der Waals surface area contributed by atoms with Crippen molar-refractivity contribution in [3.63, 3.8) is 0 Å². The Kier molecular flexibility index (Phi) is 7.58. The van der Waals surface area contributed by atoms with Crippen LogP contribution in [-0.4, -0.2) is 92.4 Å². The first-order chi connectivity index (χ1) is 10.2. The smallest absolute Gasteiger partial charge is 0.383 e. The minimum absolute atomic E-state index is 0.0480. The fraction of sp³-hybridized carbons (Fsp3) is 0.929. The molecular formula is C14H26F3N3O2. The number of nitrogens with zero attached hydrogens (tertiary/aromatic N) is 3. The third-order valence-corrected chi connectivity index (χ3v) is 3.73. The second kappa shape index (κ2) is 8.69. The van der Waals surface area contributed by atoms with E-state index in [0.717, 1.165) is 24.5 Å². The SMILES string of the molecule is COCCN1CCN(CC(=O)N(CC(F)(F)F)C(C)C)CC1. The standard InChI is InChI=1S/C14H26F3N3O2/c1-12(2)20(11-14(15,16)17)13(21)10-19-6-4-18(5-7-19)8-9-22-3/h12H,4-11H2,1-3H3. The van der Waals surface area contributed by atoms with Gasteiger partial charge in [-0.1, -0.05) is 0 Å². The summed E-state index contributed by atoms with van der Waals surface area (Å²) in [6.07, 6.45) is -4.36. The summed E-state index contributed by atoms with van der Waals surface area (Å²) < 4.78 is 42.7. The highest BCUT2D eigenvalue weighted by molar-refractivity contribution is 5.78. The number of ether oxygens (including phenoxy) is 1. The largest absolute Gasteiger partial charge is 0.406 e. The molecule has 0 aromatic carbocycles. The van der Waals surface area contributed by atoms with Crippen molar-refractivity contribution in [3.05, 3.63) is 0 Å². The third kappa shape index (κ3) is 6.93. The molecule has 5 nitrogen and oxygen atoms in total. The van der Waals surface area contributed by atoms with E-state index in [0.29, 0.717) is 19.7 Å². The average Bonchev–Trinajstić information content (AvgIpc) is 2.42. The van der Waals surface area contributed by atoms with Crippen LogP contribution in [0.1, 0.15) is 13.8 Å². The minimum atomic E-state index is -4.36. The Morgan fingerprint density at radius 2 is 1.73 bits per heavy atom. The lowest BCUT2D eigenvalue weighted by Crippen LogP contribution is -2.52. The summed E-state index contributed by atoms with van der Waals surface area (Å²) in [5, 5.41) is 0. The van der Waals surface area contributed by atoms with E-state index < -0.39 is 24.7 Å². The van der Waals surface area contributed by atoms with Gasteiger partial charge in [-0.25, -0.2) is 0 Å². The van der Waals surface area contributed by atoms with Crippen molar-refractivity contribution >= 4 is 5.91 Å². The number of carbonyl (C=O) groups excluding carboxylic acids is 1. The van der Waals surface area contributed by atoms with Gasteiger partial charge >= 0.3 is 6.18 Å². The molecule has 1 heterocycles. The monoisotopic (exact) mass is 325 g/mol. The maximum atomic E-state index is 12.5. The summed E-state index contributed by atoms with van der Waals surface area (Å²) in [6.45, 7) is 6.55. The topological polar surface area (TPSA) is 36.0 Å². The molecule has 0 bridgehead atoms. The number of carbonyl (C=O) groups is 1. The summed E-state index contributed by atoms with van der Waals surface area (Å²) in [7, 11) is 1.65. The summed E-state index contributed by atoms with van der Waals surface area (Å²) in [5.41, 5.74) is 0. The summed E-state index contributed by atoms with van der Waals surface area (Å²) in [6, 6.07) is -0.461. The van der Waals surface area contributed by atoms with Gasteiger partial charge in [-0.2, -0.15) is 13.2 Å². The fourth-order valence-electron chi connectivity index (χ4n) is 2.43. The zero-order chi connectivity index (χ0) is 16.8. The minimum Gasteiger partial charge on any atom is -0.383 e. The number of amides is 1. The zero-order valence-electron chi connectivity index (χ0n) is 13.5. The van der Waals surface area contributed by atoms with Gasteiger partial charge in [-0.3, -0.25) is 14.6 Å². The van der Waals surface area contributed by atoms with Crippen LogP contribution < -0.4 is 0 Å². The Morgan fingerprint density at radius 3 is 2.18 bits per heavy atom. The van der Waals surface area contributed by atoms with Crippen LogP contribution in [0.15, 0.2) is 0 Å². The zero-order valence-corrected chi connectivity index (χ0v) is 13.5. The number of halogens is 3. The van der Waals surface area contributed by atoms with E-state index in [2.05, 4.69) is 4.90 Å². The summed E-state index contributed by atoms with van der Waals surface area (Å²) in [5.74, 6) is -0.460. The first-order valence-corrected chi connectivity index (χ1v) is 7.53. The van der Waals surface area contributed by atoms with Crippen molar-refractivity contribution in [2.45, 2.75) is 26.1 Å². The molecule has 1 rings (SSSR count). The summed E-state index contributed by atoms with van der Waals surface area (Å²) in [4.78, 5) is 17.2. The predicted octanol–water partition coefficient (Wildman–Crippen LogP) is 1.05. The molecular weight excluding hydrogens is 299 g/mol. The van der Waals surface area contributed by atoms with E-state index in [1.807, 2.05) is 4.90 Å². The van der Waals surface area contributed by atoms with Crippen LogP contribution in [0, 0.1) is 0 Å². The highest BCUT2D eigenvalue weighted by atomic mass is 19.4. The van der Waals surface area contributed by atoms with Gasteiger partial charge in [0.25, 0.3) is 0 Å². The van der Waals surface area contributed by atoms with Crippen molar-refractivity contribution in [3.8, 4) is 0 Å². The fourth-order valence-corrected chi connectivity index (χ4v) is 2.43. The molecule has 0 saturated carbocycles. The molecule has 1 fully saturated rings. The maximum Gasteiger partial charge on any atom is 0.406 e. The number of piperazine rings is 1. The van der Waals surface area contributed by atoms with E-state index in [4.69, 9.17) is 4.74 Å². The van der Waals surface area contributed by atoms with Crippen LogP contribution in [0.5, 0.6) is 0 Å². The van der Waals surface area contributed by atoms with Gasteiger partial charge in [0.2, 0.25) is 5.91 Å². The molecule has 130 valence electrons. The maximum absolute atomic E-state index is 12.5. The van der Waals surface area contributed by atoms with Crippen molar-refractivity contribution in [2.75, 3.05) is 59.5 Å². The molecule has 1 aliphatic heterocycles. The molecule has 22 heavy (non-hydrogen) atoms. The molecule has 8 heteroatoms. The molecule has 1 aliphatic rings. The lowest BCUT2D eigenvalue weighted by atomic mass is 10.2. The second-order valence-corrected chi connectivity index (χ2v) is 5.84. The van der Waals surface area contributed by atoms with Gasteiger partial charge < -0.3 is 9.64 Å².